The van der Waals surface area contributed by atoms with Gasteiger partial charge in [-0.1, -0.05) is 44.6 Å². The molecule has 0 heteroatoms. The fourth-order valence-corrected chi connectivity index (χ4v) is 1.21. The Morgan fingerprint density at radius 3 is 2.20 bits per heavy atom. The van der Waals surface area contributed by atoms with Crippen molar-refractivity contribution in [2.45, 2.75) is 33.6 Å². The lowest BCUT2D eigenvalue weighted by molar-refractivity contribution is 0.490. The molecule has 0 spiro atoms. The zero-order valence-electron chi connectivity index (χ0n) is 7.15. The molecule has 0 fully saturated rings. The minimum atomic E-state index is 0.380. The van der Waals surface area contributed by atoms with Gasteiger partial charge in [-0.15, -0.1) is 0 Å². The molecule has 0 saturated carbocycles. The molecule has 0 aromatic carbocycles. The van der Waals surface area contributed by atoms with Gasteiger partial charge in [0.05, 0.1) is 0 Å². The van der Waals surface area contributed by atoms with E-state index in [1.807, 2.05) is 0 Å². The van der Waals surface area contributed by atoms with Crippen LogP contribution in [0.2, 0.25) is 0 Å². The summed E-state index contributed by atoms with van der Waals surface area (Å²) in [6.07, 6.45) is 9.13. The Morgan fingerprint density at radius 1 is 1.20 bits per heavy atom. The van der Waals surface area contributed by atoms with Crippen molar-refractivity contribution in [3.8, 4) is 0 Å². The Kier molecular flexibility index (Phi) is 1.98. The molecule has 0 aromatic heterocycles. The van der Waals surface area contributed by atoms with Crippen LogP contribution in [-0.2, 0) is 0 Å². The second kappa shape index (κ2) is 2.61. The Bertz CT molecular complexity index is 165. The van der Waals surface area contributed by atoms with Crippen LogP contribution in [0.3, 0.4) is 0 Å². The average molecular weight is 136 g/mol. The first kappa shape index (κ1) is 7.59. The van der Waals surface area contributed by atoms with Crippen molar-refractivity contribution in [3.05, 3.63) is 23.8 Å². The first-order chi connectivity index (χ1) is 4.61. The van der Waals surface area contributed by atoms with Gasteiger partial charge in [-0.05, 0) is 18.3 Å². The van der Waals surface area contributed by atoms with E-state index in [-0.39, 0.29) is 0 Å². The maximum absolute atomic E-state index is 2.35. The molecule has 1 aliphatic rings. The molecule has 0 bridgehead atoms. The standard InChI is InChI=1S/C10H16/c1-10(2,3)9-7-5-4-6-8-9/h4-5,8H,6-7H2,1-3H3. The van der Waals surface area contributed by atoms with Gasteiger partial charge < -0.3 is 0 Å². The fraction of sp³-hybridized carbons (Fsp3) is 0.600. The van der Waals surface area contributed by atoms with E-state index in [1.54, 1.807) is 5.57 Å². The molecule has 0 heterocycles. The summed E-state index contributed by atoms with van der Waals surface area (Å²) in [6.45, 7) is 6.83. The highest BCUT2D eigenvalue weighted by molar-refractivity contribution is 5.19. The molecular weight excluding hydrogens is 120 g/mol. The second-order valence-corrected chi connectivity index (χ2v) is 3.89. The van der Waals surface area contributed by atoms with Crippen LogP contribution >= 0.6 is 0 Å². The summed E-state index contributed by atoms with van der Waals surface area (Å²) in [5.41, 5.74) is 1.96. The van der Waals surface area contributed by atoms with Crippen LogP contribution in [0.5, 0.6) is 0 Å². The van der Waals surface area contributed by atoms with Crippen LogP contribution in [0.4, 0.5) is 0 Å². The normalized spacial score (nSPS) is 18.9. The number of allylic oxidation sites excluding steroid dienone is 4. The van der Waals surface area contributed by atoms with Gasteiger partial charge in [0.2, 0.25) is 0 Å². The van der Waals surface area contributed by atoms with Crippen LogP contribution in [0.15, 0.2) is 23.8 Å². The Labute approximate surface area is 63.6 Å². The summed E-state index contributed by atoms with van der Waals surface area (Å²) in [6, 6.07) is 0. The van der Waals surface area contributed by atoms with Crippen molar-refractivity contribution in [3.63, 3.8) is 0 Å². The molecule has 10 heavy (non-hydrogen) atoms. The van der Waals surface area contributed by atoms with Gasteiger partial charge in [0.1, 0.15) is 0 Å². The molecule has 1 rings (SSSR count). The van der Waals surface area contributed by atoms with E-state index in [2.05, 4.69) is 39.0 Å². The summed E-state index contributed by atoms with van der Waals surface area (Å²) >= 11 is 0. The second-order valence-electron chi connectivity index (χ2n) is 3.89. The number of hydrogen-bond acceptors (Lipinski definition) is 0. The molecule has 0 aliphatic heterocycles. The topological polar surface area (TPSA) is 0 Å². The molecular formula is C10H16. The smallest absolute Gasteiger partial charge is 0.0133 e. The summed E-state index contributed by atoms with van der Waals surface area (Å²) < 4.78 is 0. The SMILES string of the molecule is CC(C)(C)C1=CCC=CC1. The van der Waals surface area contributed by atoms with Crippen LogP contribution in [-0.4, -0.2) is 0 Å². The van der Waals surface area contributed by atoms with Crippen molar-refractivity contribution in [1.82, 2.24) is 0 Å². The highest BCUT2D eigenvalue weighted by Gasteiger charge is 2.15. The summed E-state index contributed by atoms with van der Waals surface area (Å²) in [7, 11) is 0. The Morgan fingerprint density at radius 2 is 1.90 bits per heavy atom. The van der Waals surface area contributed by atoms with Crippen molar-refractivity contribution in [2.75, 3.05) is 0 Å². The Hall–Kier alpha value is -0.520. The minimum absolute atomic E-state index is 0.380. The maximum atomic E-state index is 2.35. The average Bonchev–Trinajstić information content (AvgIpc) is 1.88. The van der Waals surface area contributed by atoms with Crippen molar-refractivity contribution < 1.29 is 0 Å². The number of hydrogen-bond donors (Lipinski definition) is 0. The first-order valence-corrected chi connectivity index (χ1v) is 3.95. The molecule has 56 valence electrons. The van der Waals surface area contributed by atoms with E-state index >= 15 is 0 Å². The molecule has 0 nitrogen and oxygen atoms in total. The van der Waals surface area contributed by atoms with E-state index in [1.165, 1.54) is 0 Å². The predicted octanol–water partition coefficient (Wildman–Crippen LogP) is 3.31. The van der Waals surface area contributed by atoms with Gasteiger partial charge in [-0.25, -0.2) is 0 Å². The van der Waals surface area contributed by atoms with Crippen LogP contribution < -0.4 is 0 Å². The van der Waals surface area contributed by atoms with E-state index in [4.69, 9.17) is 0 Å². The van der Waals surface area contributed by atoms with Gasteiger partial charge >= 0.3 is 0 Å². The largest absolute Gasteiger partial charge is 0.0844 e. The molecule has 0 radical (unpaired) electrons. The van der Waals surface area contributed by atoms with Gasteiger partial charge in [0, 0.05) is 0 Å². The van der Waals surface area contributed by atoms with Gasteiger partial charge in [0.25, 0.3) is 0 Å². The predicted molar refractivity (Wildman–Crippen MR) is 45.9 cm³/mol. The van der Waals surface area contributed by atoms with Gasteiger partial charge in [-0.2, -0.15) is 0 Å². The maximum Gasteiger partial charge on any atom is -0.0133 e. The lowest BCUT2D eigenvalue weighted by atomic mass is 9.82. The quantitative estimate of drug-likeness (QED) is 0.448. The van der Waals surface area contributed by atoms with Crippen LogP contribution in [0, 0.1) is 5.41 Å². The summed E-state index contributed by atoms with van der Waals surface area (Å²) in [5.74, 6) is 0. The highest BCUT2D eigenvalue weighted by Crippen LogP contribution is 2.30. The van der Waals surface area contributed by atoms with E-state index in [0.29, 0.717) is 5.41 Å². The fourth-order valence-electron chi connectivity index (χ4n) is 1.21. The van der Waals surface area contributed by atoms with E-state index < -0.39 is 0 Å². The Balaban J connectivity index is 2.65. The van der Waals surface area contributed by atoms with E-state index in [9.17, 15) is 0 Å². The molecule has 0 unspecified atom stereocenters. The highest BCUT2D eigenvalue weighted by atomic mass is 14.2. The zero-order valence-corrected chi connectivity index (χ0v) is 7.15. The van der Waals surface area contributed by atoms with Crippen LogP contribution in [0.1, 0.15) is 33.6 Å². The molecule has 0 amide bonds. The lowest BCUT2D eigenvalue weighted by Crippen LogP contribution is -2.09. The number of rotatable bonds is 0. The molecule has 0 N–H and O–H groups in total. The third kappa shape index (κ3) is 1.73. The van der Waals surface area contributed by atoms with Gasteiger partial charge in [-0.3, -0.25) is 0 Å². The minimum Gasteiger partial charge on any atom is -0.0844 e. The van der Waals surface area contributed by atoms with Crippen molar-refractivity contribution in [1.29, 1.82) is 0 Å². The van der Waals surface area contributed by atoms with Crippen molar-refractivity contribution in [2.24, 2.45) is 5.41 Å². The molecule has 0 atom stereocenters. The monoisotopic (exact) mass is 136 g/mol. The summed E-state index contributed by atoms with van der Waals surface area (Å²) in [5, 5.41) is 0. The third-order valence-corrected chi connectivity index (χ3v) is 1.97. The van der Waals surface area contributed by atoms with Crippen LogP contribution in [0.25, 0.3) is 0 Å². The molecule has 0 aromatic rings. The lowest BCUT2D eigenvalue weighted by Gasteiger charge is -2.23. The van der Waals surface area contributed by atoms with E-state index in [0.717, 1.165) is 12.8 Å². The van der Waals surface area contributed by atoms with Crippen molar-refractivity contribution >= 4 is 0 Å². The van der Waals surface area contributed by atoms with Gasteiger partial charge in [0.15, 0.2) is 0 Å². The molecule has 0 saturated heterocycles. The first-order valence-electron chi connectivity index (χ1n) is 3.95. The zero-order chi connectivity index (χ0) is 7.61. The summed E-state index contributed by atoms with van der Waals surface area (Å²) in [4.78, 5) is 0. The third-order valence-electron chi connectivity index (χ3n) is 1.97. The molecule has 1 aliphatic carbocycles.